The van der Waals surface area contributed by atoms with E-state index in [9.17, 15) is 5.26 Å². The monoisotopic (exact) mass is 423 g/mol. The van der Waals surface area contributed by atoms with Crippen LogP contribution in [0.15, 0.2) is 71.3 Å². The van der Waals surface area contributed by atoms with Gasteiger partial charge in [0, 0.05) is 50.4 Å². The summed E-state index contributed by atoms with van der Waals surface area (Å²) in [6, 6.07) is 22.5. The first kappa shape index (κ1) is 20.3. The molecular weight excluding hydrogens is 398 g/mol. The molecule has 0 amide bonds. The lowest BCUT2D eigenvalue weighted by Gasteiger charge is -2.27. The summed E-state index contributed by atoms with van der Waals surface area (Å²) < 4.78 is 6.30. The van der Waals surface area contributed by atoms with Gasteiger partial charge in [-0.2, -0.15) is 5.26 Å². The minimum Gasteiger partial charge on any atom is -0.437 e. The van der Waals surface area contributed by atoms with Crippen molar-refractivity contribution >= 4 is 16.8 Å². The molecule has 6 nitrogen and oxygen atoms in total. The maximum atomic E-state index is 9.83. The summed E-state index contributed by atoms with van der Waals surface area (Å²) in [5.41, 5.74) is 4.82. The van der Waals surface area contributed by atoms with Crippen molar-refractivity contribution in [2.45, 2.75) is 0 Å². The van der Waals surface area contributed by atoms with E-state index in [4.69, 9.17) is 4.42 Å². The molecule has 2 N–H and O–H groups in total. The van der Waals surface area contributed by atoms with Gasteiger partial charge in [0.1, 0.15) is 11.8 Å². The number of furan rings is 1. The minimum absolute atomic E-state index is 0.524. The van der Waals surface area contributed by atoms with E-state index in [2.05, 4.69) is 38.7 Å². The molecule has 5 rings (SSSR count). The number of pyridine rings is 1. The summed E-state index contributed by atoms with van der Waals surface area (Å²) >= 11 is 0. The smallest absolute Gasteiger partial charge is 0.229 e. The predicted molar refractivity (Wildman–Crippen MR) is 127 cm³/mol. The second-order valence-corrected chi connectivity index (χ2v) is 7.90. The first-order chi connectivity index (χ1) is 15.8. The molecule has 160 valence electrons. The van der Waals surface area contributed by atoms with E-state index in [0.29, 0.717) is 11.3 Å². The molecule has 1 aliphatic rings. The first-order valence-corrected chi connectivity index (χ1v) is 11.0. The molecular formula is C26H25N5O. The Morgan fingerprint density at radius 2 is 1.69 bits per heavy atom. The Balaban J connectivity index is 1.62. The number of nitriles is 1. The highest BCUT2D eigenvalue weighted by Gasteiger charge is 2.23. The zero-order chi connectivity index (χ0) is 21.8. The van der Waals surface area contributed by atoms with E-state index in [1.807, 2.05) is 48.5 Å². The van der Waals surface area contributed by atoms with Gasteiger partial charge in [0.25, 0.3) is 0 Å². The third-order valence-electron chi connectivity index (χ3n) is 5.88. The van der Waals surface area contributed by atoms with E-state index >= 15 is 0 Å². The molecule has 1 fully saturated rings. The van der Waals surface area contributed by atoms with Gasteiger partial charge in [-0.15, -0.1) is 0 Å². The van der Waals surface area contributed by atoms with Crippen LogP contribution in [0.25, 0.3) is 33.6 Å². The van der Waals surface area contributed by atoms with E-state index in [-0.39, 0.29) is 0 Å². The number of nitrogens with zero attached hydrogens (tertiary/aromatic N) is 3. The minimum atomic E-state index is 0.524. The highest BCUT2D eigenvalue weighted by molar-refractivity contribution is 6.08. The highest BCUT2D eigenvalue weighted by atomic mass is 16.3. The van der Waals surface area contributed by atoms with Gasteiger partial charge in [0.05, 0.1) is 22.8 Å². The molecule has 0 unspecified atom stereocenters. The number of nitrogens with one attached hydrogen (secondary N) is 2. The summed E-state index contributed by atoms with van der Waals surface area (Å²) in [5, 5.41) is 17.6. The predicted octanol–water partition coefficient (Wildman–Crippen LogP) is 4.35. The van der Waals surface area contributed by atoms with Crippen LogP contribution < -0.4 is 10.6 Å². The lowest BCUT2D eigenvalue weighted by molar-refractivity contribution is 0.249. The van der Waals surface area contributed by atoms with Crippen LogP contribution in [-0.4, -0.2) is 49.2 Å². The van der Waals surface area contributed by atoms with Crippen LogP contribution in [0.1, 0.15) is 5.56 Å². The molecule has 0 saturated carbocycles. The second kappa shape index (κ2) is 9.23. The van der Waals surface area contributed by atoms with Crippen molar-refractivity contribution in [3.8, 4) is 28.5 Å². The zero-order valence-electron chi connectivity index (χ0n) is 17.8. The molecule has 0 bridgehead atoms. The average molecular weight is 424 g/mol. The van der Waals surface area contributed by atoms with Gasteiger partial charge in [0.2, 0.25) is 5.71 Å². The van der Waals surface area contributed by atoms with E-state index in [1.54, 1.807) is 6.20 Å². The van der Waals surface area contributed by atoms with Gasteiger partial charge in [-0.05, 0) is 5.56 Å². The van der Waals surface area contributed by atoms with Crippen molar-refractivity contribution in [3.63, 3.8) is 0 Å². The maximum absolute atomic E-state index is 9.83. The Hall–Kier alpha value is -3.66. The fraction of sp³-hybridized carbons (Fsp3) is 0.231. The van der Waals surface area contributed by atoms with E-state index in [1.165, 1.54) is 0 Å². The molecule has 0 atom stereocenters. The van der Waals surface area contributed by atoms with Crippen molar-refractivity contribution in [2.24, 2.45) is 0 Å². The van der Waals surface area contributed by atoms with Crippen LogP contribution in [-0.2, 0) is 0 Å². The summed E-state index contributed by atoms with van der Waals surface area (Å²) in [5.74, 6) is 0.763. The lowest BCUT2D eigenvalue weighted by atomic mass is 9.97. The fourth-order valence-corrected chi connectivity index (χ4v) is 4.28. The lowest BCUT2D eigenvalue weighted by Crippen LogP contribution is -2.45. The quantitative estimate of drug-likeness (QED) is 0.480. The number of hydrogen-bond acceptors (Lipinski definition) is 6. The van der Waals surface area contributed by atoms with Crippen molar-refractivity contribution in [3.05, 3.63) is 72.4 Å². The summed E-state index contributed by atoms with van der Waals surface area (Å²) in [6.07, 6.45) is 1.60. The molecule has 0 spiro atoms. The van der Waals surface area contributed by atoms with Crippen LogP contribution in [0.4, 0.5) is 5.69 Å². The van der Waals surface area contributed by atoms with Crippen molar-refractivity contribution in [1.82, 2.24) is 15.2 Å². The number of piperazine rings is 1. The molecule has 6 heteroatoms. The number of hydrogen-bond donors (Lipinski definition) is 2. The Labute approximate surface area is 187 Å². The van der Waals surface area contributed by atoms with Crippen LogP contribution in [0, 0.1) is 11.3 Å². The Morgan fingerprint density at radius 1 is 1.00 bits per heavy atom. The summed E-state index contributed by atoms with van der Waals surface area (Å²) in [4.78, 5) is 6.92. The normalized spacial score (nSPS) is 14.3. The maximum Gasteiger partial charge on any atom is 0.229 e. The van der Waals surface area contributed by atoms with Gasteiger partial charge < -0.3 is 15.1 Å². The first-order valence-electron chi connectivity index (χ1n) is 11.0. The van der Waals surface area contributed by atoms with Gasteiger partial charge in [-0.1, -0.05) is 60.7 Å². The molecule has 2 aromatic heterocycles. The van der Waals surface area contributed by atoms with E-state index in [0.717, 1.165) is 72.8 Å². The molecule has 2 aromatic carbocycles. The topological polar surface area (TPSA) is 77.1 Å². The molecule has 1 aliphatic heterocycles. The second-order valence-electron chi connectivity index (χ2n) is 7.90. The highest BCUT2D eigenvalue weighted by Crippen LogP contribution is 2.43. The number of aromatic nitrogens is 1. The summed E-state index contributed by atoms with van der Waals surface area (Å²) in [7, 11) is 0. The fourth-order valence-electron chi connectivity index (χ4n) is 4.28. The summed E-state index contributed by atoms with van der Waals surface area (Å²) in [6.45, 7) is 5.77. The molecule has 1 saturated heterocycles. The molecule has 0 radical (unpaired) electrons. The molecule has 0 aliphatic carbocycles. The number of fused-ring (bicyclic) bond motifs is 1. The van der Waals surface area contributed by atoms with Gasteiger partial charge in [-0.25, -0.2) is 4.98 Å². The van der Waals surface area contributed by atoms with Crippen molar-refractivity contribution < 1.29 is 4.42 Å². The van der Waals surface area contributed by atoms with Gasteiger partial charge in [-0.3, -0.25) is 4.90 Å². The molecule has 4 aromatic rings. The Bertz CT molecular complexity index is 1240. The molecule has 3 heterocycles. The van der Waals surface area contributed by atoms with E-state index < -0.39 is 0 Å². The number of benzene rings is 2. The standard InChI is InChI=1S/C26H25N5O/c27-17-21-18-30-26-23(24(21)29-13-16-31-14-11-28-12-15-31)22(19-7-3-1-4-8-19)25(32-26)20-9-5-2-6-10-20/h1-10,18,28H,11-16H2,(H,29,30). The van der Waals surface area contributed by atoms with Gasteiger partial charge >= 0.3 is 0 Å². The van der Waals surface area contributed by atoms with Crippen molar-refractivity contribution in [1.29, 1.82) is 5.26 Å². The molecule has 32 heavy (non-hydrogen) atoms. The van der Waals surface area contributed by atoms with Crippen LogP contribution in [0.3, 0.4) is 0 Å². The largest absolute Gasteiger partial charge is 0.437 e. The van der Waals surface area contributed by atoms with Gasteiger partial charge in [0.15, 0.2) is 0 Å². The van der Waals surface area contributed by atoms with Crippen molar-refractivity contribution in [2.75, 3.05) is 44.6 Å². The van der Waals surface area contributed by atoms with Crippen LogP contribution in [0.2, 0.25) is 0 Å². The van der Waals surface area contributed by atoms with Crippen LogP contribution in [0.5, 0.6) is 0 Å². The Kier molecular flexibility index (Phi) is 5.84. The third kappa shape index (κ3) is 3.96. The SMILES string of the molecule is N#Cc1cnc2oc(-c3ccccc3)c(-c3ccccc3)c2c1NCCN1CCNCC1. The number of rotatable bonds is 6. The average Bonchev–Trinajstić information content (AvgIpc) is 3.26. The Morgan fingerprint density at radius 3 is 2.38 bits per heavy atom. The third-order valence-corrected chi connectivity index (χ3v) is 5.88. The number of anilines is 1. The zero-order valence-corrected chi connectivity index (χ0v) is 17.8. The van der Waals surface area contributed by atoms with Crippen LogP contribution >= 0.6 is 0 Å².